The fraction of sp³-hybridized carbons (Fsp3) is 0.308. The van der Waals surface area contributed by atoms with E-state index < -0.39 is 11.9 Å². The van der Waals surface area contributed by atoms with Crippen molar-refractivity contribution in [3.05, 3.63) is 47.8 Å². The van der Waals surface area contributed by atoms with Crippen molar-refractivity contribution >= 4 is 0 Å². The van der Waals surface area contributed by atoms with E-state index in [1.54, 1.807) is 18.6 Å². The first kappa shape index (κ1) is 12.6. The average Bonchev–Trinajstić information content (AvgIpc) is 2.72. The van der Waals surface area contributed by atoms with Crippen LogP contribution in [0.15, 0.2) is 30.7 Å². The topological polar surface area (TPSA) is 47.3 Å². The van der Waals surface area contributed by atoms with Gasteiger partial charge in [-0.25, -0.2) is 9.37 Å². The molecule has 1 aromatic heterocycles. The maximum atomic E-state index is 13.6. The van der Waals surface area contributed by atoms with Crippen molar-refractivity contribution in [1.82, 2.24) is 9.55 Å². The molecule has 1 heterocycles. The molecule has 0 saturated heterocycles. The van der Waals surface area contributed by atoms with Crippen molar-refractivity contribution < 1.29 is 14.2 Å². The summed E-state index contributed by atoms with van der Waals surface area (Å²) in [6, 6.07) is 4.44. The molecule has 0 saturated carbocycles. The number of imidazole rings is 1. The standard InChI is InChI=1S/C13H15FN2O2/c1-9(17)12-4-3-11(5-13(12)14)18-7-10-6-15-8-16(10)2/h3-6,8-9,17H,7H2,1-2H3/t9-/m0/s1. The highest BCUT2D eigenvalue weighted by molar-refractivity contribution is 5.30. The smallest absolute Gasteiger partial charge is 0.132 e. The van der Waals surface area contributed by atoms with Crippen molar-refractivity contribution in [1.29, 1.82) is 0 Å². The Hall–Kier alpha value is -1.88. The largest absolute Gasteiger partial charge is 0.487 e. The number of aryl methyl sites for hydroxylation is 1. The molecule has 2 rings (SSSR count). The van der Waals surface area contributed by atoms with Crippen LogP contribution < -0.4 is 4.74 Å². The number of ether oxygens (including phenoxy) is 1. The van der Waals surface area contributed by atoms with E-state index in [0.29, 0.717) is 12.4 Å². The minimum absolute atomic E-state index is 0.267. The van der Waals surface area contributed by atoms with E-state index in [2.05, 4.69) is 4.98 Å². The Morgan fingerprint density at radius 2 is 2.28 bits per heavy atom. The SMILES string of the molecule is C[C@H](O)c1ccc(OCc2cncn2C)cc1F. The van der Waals surface area contributed by atoms with Crippen LogP contribution in [0.25, 0.3) is 0 Å². The second-order valence-corrected chi connectivity index (χ2v) is 4.14. The first-order chi connectivity index (χ1) is 8.58. The van der Waals surface area contributed by atoms with Gasteiger partial charge in [0, 0.05) is 18.7 Å². The Labute approximate surface area is 105 Å². The lowest BCUT2D eigenvalue weighted by Crippen LogP contribution is -2.02. The summed E-state index contributed by atoms with van der Waals surface area (Å²) in [5.41, 5.74) is 1.16. The predicted molar refractivity (Wildman–Crippen MR) is 64.6 cm³/mol. The first-order valence-corrected chi connectivity index (χ1v) is 5.63. The summed E-state index contributed by atoms with van der Waals surface area (Å²) in [5.74, 6) is -0.0365. The van der Waals surface area contributed by atoms with E-state index in [0.717, 1.165) is 5.69 Å². The van der Waals surface area contributed by atoms with Gasteiger partial charge in [-0.05, 0) is 19.1 Å². The maximum absolute atomic E-state index is 13.6. The molecule has 5 heteroatoms. The van der Waals surface area contributed by atoms with Gasteiger partial charge in [0.15, 0.2) is 0 Å². The molecule has 0 bridgehead atoms. The van der Waals surface area contributed by atoms with E-state index in [4.69, 9.17) is 4.74 Å². The molecule has 0 fully saturated rings. The minimum atomic E-state index is -0.823. The Kier molecular flexibility index (Phi) is 3.62. The third kappa shape index (κ3) is 2.68. The van der Waals surface area contributed by atoms with Gasteiger partial charge < -0.3 is 14.4 Å². The summed E-state index contributed by atoms with van der Waals surface area (Å²) in [4.78, 5) is 3.96. The van der Waals surface area contributed by atoms with Gasteiger partial charge in [-0.2, -0.15) is 0 Å². The molecular weight excluding hydrogens is 235 g/mol. The van der Waals surface area contributed by atoms with Crippen LogP contribution in [0.4, 0.5) is 4.39 Å². The highest BCUT2D eigenvalue weighted by atomic mass is 19.1. The fourth-order valence-corrected chi connectivity index (χ4v) is 1.62. The first-order valence-electron chi connectivity index (χ1n) is 5.63. The molecule has 0 amide bonds. The number of benzene rings is 1. The normalized spacial score (nSPS) is 12.4. The van der Waals surface area contributed by atoms with Crippen LogP contribution in [0.5, 0.6) is 5.75 Å². The summed E-state index contributed by atoms with van der Waals surface area (Å²) < 4.78 is 20.9. The van der Waals surface area contributed by atoms with E-state index in [1.165, 1.54) is 19.1 Å². The van der Waals surface area contributed by atoms with Crippen LogP contribution in [-0.4, -0.2) is 14.7 Å². The van der Waals surface area contributed by atoms with Crippen LogP contribution in [0.2, 0.25) is 0 Å². The minimum Gasteiger partial charge on any atom is -0.487 e. The molecule has 1 atom stereocenters. The zero-order valence-electron chi connectivity index (χ0n) is 10.3. The number of aliphatic hydroxyl groups is 1. The van der Waals surface area contributed by atoms with Gasteiger partial charge in [0.05, 0.1) is 24.3 Å². The lowest BCUT2D eigenvalue weighted by molar-refractivity contribution is 0.193. The average molecular weight is 250 g/mol. The number of hydrogen-bond acceptors (Lipinski definition) is 3. The Morgan fingerprint density at radius 1 is 1.50 bits per heavy atom. The van der Waals surface area contributed by atoms with Crippen LogP contribution >= 0.6 is 0 Å². The monoisotopic (exact) mass is 250 g/mol. The van der Waals surface area contributed by atoms with Crippen molar-refractivity contribution in [3.63, 3.8) is 0 Å². The second kappa shape index (κ2) is 5.18. The van der Waals surface area contributed by atoms with Gasteiger partial charge in [-0.15, -0.1) is 0 Å². The van der Waals surface area contributed by atoms with Crippen LogP contribution in [0.3, 0.4) is 0 Å². The lowest BCUT2D eigenvalue weighted by Gasteiger charge is -2.10. The molecule has 4 nitrogen and oxygen atoms in total. The molecule has 0 unspecified atom stereocenters. The number of nitrogens with zero attached hydrogens (tertiary/aromatic N) is 2. The third-order valence-electron chi connectivity index (χ3n) is 2.73. The highest BCUT2D eigenvalue weighted by Crippen LogP contribution is 2.22. The Morgan fingerprint density at radius 3 is 2.83 bits per heavy atom. The van der Waals surface area contributed by atoms with Crippen molar-refractivity contribution in [3.8, 4) is 5.75 Å². The molecule has 1 aromatic carbocycles. The summed E-state index contributed by atoms with van der Waals surface area (Å²) in [6.07, 6.45) is 2.55. The maximum Gasteiger partial charge on any atom is 0.132 e. The molecule has 0 aliphatic carbocycles. The molecule has 0 aliphatic heterocycles. The molecule has 0 spiro atoms. The van der Waals surface area contributed by atoms with Crippen molar-refractivity contribution in [2.45, 2.75) is 19.6 Å². The Balaban J connectivity index is 2.07. The summed E-state index contributed by atoms with van der Waals surface area (Å²) in [6.45, 7) is 1.85. The number of halogens is 1. The molecule has 1 N–H and O–H groups in total. The van der Waals surface area contributed by atoms with E-state index in [-0.39, 0.29) is 5.56 Å². The second-order valence-electron chi connectivity index (χ2n) is 4.14. The lowest BCUT2D eigenvalue weighted by atomic mass is 10.1. The van der Waals surface area contributed by atoms with Crippen molar-refractivity contribution in [2.24, 2.45) is 7.05 Å². The van der Waals surface area contributed by atoms with Gasteiger partial charge in [-0.1, -0.05) is 0 Å². The van der Waals surface area contributed by atoms with E-state index in [9.17, 15) is 9.50 Å². The molecular formula is C13H15FN2O2. The van der Waals surface area contributed by atoms with E-state index in [1.807, 2.05) is 11.6 Å². The third-order valence-corrected chi connectivity index (χ3v) is 2.73. The van der Waals surface area contributed by atoms with Gasteiger partial charge in [-0.3, -0.25) is 0 Å². The predicted octanol–water partition coefficient (Wildman–Crippen LogP) is 2.19. The zero-order chi connectivity index (χ0) is 13.1. The zero-order valence-corrected chi connectivity index (χ0v) is 10.3. The van der Waals surface area contributed by atoms with Crippen LogP contribution in [-0.2, 0) is 13.7 Å². The van der Waals surface area contributed by atoms with E-state index >= 15 is 0 Å². The number of rotatable bonds is 4. The highest BCUT2D eigenvalue weighted by Gasteiger charge is 2.09. The molecule has 18 heavy (non-hydrogen) atoms. The summed E-state index contributed by atoms with van der Waals surface area (Å²) >= 11 is 0. The summed E-state index contributed by atoms with van der Waals surface area (Å²) in [5, 5.41) is 9.32. The fourth-order valence-electron chi connectivity index (χ4n) is 1.62. The number of hydrogen-bond donors (Lipinski definition) is 1. The number of aliphatic hydroxyl groups excluding tert-OH is 1. The molecule has 0 aliphatic rings. The van der Waals surface area contributed by atoms with Crippen LogP contribution in [0.1, 0.15) is 24.3 Å². The molecule has 2 aromatic rings. The quantitative estimate of drug-likeness (QED) is 0.904. The van der Waals surface area contributed by atoms with Crippen molar-refractivity contribution in [2.75, 3.05) is 0 Å². The van der Waals surface area contributed by atoms with Crippen LogP contribution in [0, 0.1) is 5.82 Å². The number of aromatic nitrogens is 2. The summed E-state index contributed by atoms with van der Waals surface area (Å²) in [7, 11) is 1.86. The molecule has 0 radical (unpaired) electrons. The van der Waals surface area contributed by atoms with Gasteiger partial charge in [0.1, 0.15) is 18.2 Å². The van der Waals surface area contributed by atoms with Gasteiger partial charge >= 0.3 is 0 Å². The molecule has 96 valence electrons. The Bertz CT molecular complexity index is 538. The van der Waals surface area contributed by atoms with Gasteiger partial charge in [0.25, 0.3) is 0 Å². The van der Waals surface area contributed by atoms with Gasteiger partial charge in [0.2, 0.25) is 0 Å².